The molecule has 2 nitrogen and oxygen atoms in total. The predicted molar refractivity (Wildman–Crippen MR) is 134 cm³/mol. The van der Waals surface area contributed by atoms with Crippen LogP contribution in [-0.4, -0.2) is 10.2 Å². The van der Waals surface area contributed by atoms with Crippen molar-refractivity contribution in [1.82, 2.24) is 0 Å². The second-order valence-corrected chi connectivity index (χ2v) is 11.4. The van der Waals surface area contributed by atoms with Gasteiger partial charge in [0.25, 0.3) is 0 Å². The minimum atomic E-state index is -0.0121. The molecule has 2 aromatic rings. The normalized spacial score (nSPS) is 14.5. The maximum absolute atomic E-state index is 11.2. The monoisotopic (exact) mass is 424 g/mol. The van der Waals surface area contributed by atoms with E-state index in [1.54, 1.807) is 0 Å². The van der Waals surface area contributed by atoms with E-state index in [1.165, 1.54) is 11.1 Å². The Bertz CT molecular complexity index is 834. The minimum absolute atomic E-state index is 0.0121. The number of phenolic OH excluding ortho intramolecular Hbond substituents is 2. The number of aromatic hydroxyl groups is 2. The van der Waals surface area contributed by atoms with E-state index in [-0.39, 0.29) is 22.7 Å². The second-order valence-electron chi connectivity index (χ2n) is 11.4. The molecule has 2 heteroatoms. The van der Waals surface area contributed by atoms with Gasteiger partial charge in [-0.2, -0.15) is 0 Å². The summed E-state index contributed by atoms with van der Waals surface area (Å²) >= 11 is 0. The third-order valence-corrected chi connectivity index (χ3v) is 6.84. The minimum Gasteiger partial charge on any atom is -0.507 e. The number of phenols is 2. The number of hydrogen-bond donors (Lipinski definition) is 2. The quantitative estimate of drug-likeness (QED) is 0.489. The van der Waals surface area contributed by atoms with Gasteiger partial charge >= 0.3 is 0 Å². The summed E-state index contributed by atoms with van der Waals surface area (Å²) in [5, 5.41) is 22.4. The zero-order valence-corrected chi connectivity index (χ0v) is 21.5. The van der Waals surface area contributed by atoms with Crippen molar-refractivity contribution in [3.05, 3.63) is 57.6 Å². The van der Waals surface area contributed by atoms with Gasteiger partial charge in [-0.05, 0) is 68.9 Å². The molecule has 2 rings (SSSR count). The van der Waals surface area contributed by atoms with E-state index in [4.69, 9.17) is 0 Å². The lowest BCUT2D eigenvalue weighted by Gasteiger charge is -2.26. The Morgan fingerprint density at radius 3 is 1.23 bits per heavy atom. The molecule has 2 N–H and O–H groups in total. The van der Waals surface area contributed by atoms with Crippen LogP contribution < -0.4 is 0 Å². The lowest BCUT2D eigenvalue weighted by Crippen LogP contribution is -2.14. The van der Waals surface area contributed by atoms with E-state index in [0.717, 1.165) is 35.1 Å². The van der Waals surface area contributed by atoms with Crippen molar-refractivity contribution in [1.29, 1.82) is 0 Å². The van der Waals surface area contributed by atoms with Crippen molar-refractivity contribution >= 4 is 0 Å². The van der Waals surface area contributed by atoms with Gasteiger partial charge in [-0.15, -0.1) is 0 Å². The van der Waals surface area contributed by atoms with Crippen molar-refractivity contribution in [3.8, 4) is 11.5 Å². The molecule has 0 saturated heterocycles. The van der Waals surface area contributed by atoms with Crippen LogP contribution in [0.15, 0.2) is 24.3 Å². The molecule has 172 valence electrons. The summed E-state index contributed by atoms with van der Waals surface area (Å²) < 4.78 is 0. The van der Waals surface area contributed by atoms with E-state index in [9.17, 15) is 10.2 Å². The molecule has 2 aromatic carbocycles. The average molecular weight is 425 g/mol. The maximum atomic E-state index is 11.2. The van der Waals surface area contributed by atoms with Gasteiger partial charge < -0.3 is 10.2 Å². The first-order valence-corrected chi connectivity index (χ1v) is 11.9. The molecule has 0 spiro atoms. The first kappa shape index (κ1) is 25.3. The molecule has 0 aliphatic heterocycles. The first-order valence-electron chi connectivity index (χ1n) is 11.9. The molecule has 2 unspecified atom stereocenters. The van der Waals surface area contributed by atoms with Crippen molar-refractivity contribution < 1.29 is 10.2 Å². The summed E-state index contributed by atoms with van der Waals surface area (Å²) in [7, 11) is 0. The van der Waals surface area contributed by atoms with Crippen LogP contribution in [0.3, 0.4) is 0 Å². The molecule has 0 aliphatic carbocycles. The zero-order valence-electron chi connectivity index (χ0n) is 21.5. The Morgan fingerprint density at radius 1 is 0.645 bits per heavy atom. The Balaban J connectivity index is 2.72. The summed E-state index contributed by atoms with van der Waals surface area (Å²) in [4.78, 5) is 0. The fourth-order valence-corrected chi connectivity index (χ4v) is 3.97. The second kappa shape index (κ2) is 9.27. The highest BCUT2D eigenvalue weighted by Gasteiger charge is 2.24. The van der Waals surface area contributed by atoms with E-state index < -0.39 is 0 Å². The molecule has 0 heterocycles. The van der Waals surface area contributed by atoms with E-state index >= 15 is 0 Å². The molecule has 0 aromatic heterocycles. The average Bonchev–Trinajstić information content (AvgIpc) is 2.67. The Kier molecular flexibility index (Phi) is 7.56. The van der Waals surface area contributed by atoms with Gasteiger partial charge in [-0.25, -0.2) is 0 Å². The number of rotatable bonds is 6. The fourth-order valence-electron chi connectivity index (χ4n) is 3.97. The van der Waals surface area contributed by atoms with Gasteiger partial charge in [0.05, 0.1) is 0 Å². The van der Waals surface area contributed by atoms with E-state index in [0.29, 0.717) is 17.9 Å². The lowest BCUT2D eigenvalue weighted by molar-refractivity contribution is 0.447. The highest BCUT2D eigenvalue weighted by molar-refractivity contribution is 5.53. The highest BCUT2D eigenvalue weighted by atomic mass is 16.3. The zero-order chi connectivity index (χ0) is 23.7. The number of hydrogen-bond acceptors (Lipinski definition) is 2. The lowest BCUT2D eigenvalue weighted by atomic mass is 9.80. The van der Waals surface area contributed by atoms with E-state index in [1.807, 2.05) is 0 Å². The standard InChI is InChI=1S/C29H44O2/c1-11-18(3)24-16-22(28(5,6)7)14-20(26(24)30)13-21-15-23(29(8,9)10)17-25(27(21)31)19(4)12-2/h14-19,30-31H,11-13H2,1-10H3. The molecule has 0 aliphatic rings. The summed E-state index contributed by atoms with van der Waals surface area (Å²) in [6, 6.07) is 8.60. The molecule has 0 bridgehead atoms. The SMILES string of the molecule is CCC(C)c1cc(C(C)(C)C)cc(Cc2cc(C(C)(C)C)cc(C(C)CC)c2O)c1O. The topological polar surface area (TPSA) is 40.5 Å². The largest absolute Gasteiger partial charge is 0.507 e. The van der Waals surface area contributed by atoms with Crippen LogP contribution in [0, 0.1) is 0 Å². The highest BCUT2D eigenvalue weighted by Crippen LogP contribution is 2.41. The summed E-state index contributed by atoms with van der Waals surface area (Å²) in [5.74, 6) is 1.33. The first-order chi connectivity index (χ1) is 14.2. The van der Waals surface area contributed by atoms with Crippen LogP contribution >= 0.6 is 0 Å². The van der Waals surface area contributed by atoms with Crippen molar-refractivity contribution in [2.45, 2.75) is 111 Å². The molecule has 0 radical (unpaired) electrons. The molecule has 0 saturated carbocycles. The van der Waals surface area contributed by atoms with Crippen LogP contribution in [0.4, 0.5) is 0 Å². The van der Waals surface area contributed by atoms with Crippen LogP contribution in [0.2, 0.25) is 0 Å². The van der Waals surface area contributed by atoms with Gasteiger partial charge in [0.15, 0.2) is 0 Å². The van der Waals surface area contributed by atoms with Gasteiger partial charge in [-0.3, -0.25) is 0 Å². The molecular formula is C29H44O2. The maximum Gasteiger partial charge on any atom is 0.122 e. The van der Waals surface area contributed by atoms with Gasteiger partial charge in [0, 0.05) is 6.42 Å². The summed E-state index contributed by atoms with van der Waals surface area (Å²) in [5.41, 5.74) is 6.26. The van der Waals surface area contributed by atoms with Crippen LogP contribution in [-0.2, 0) is 17.3 Å². The van der Waals surface area contributed by atoms with Crippen molar-refractivity contribution in [3.63, 3.8) is 0 Å². The molecule has 31 heavy (non-hydrogen) atoms. The van der Waals surface area contributed by atoms with Crippen LogP contribution in [0.25, 0.3) is 0 Å². The molecule has 2 atom stereocenters. The summed E-state index contributed by atoms with van der Waals surface area (Å²) in [6.45, 7) is 21.9. The third kappa shape index (κ3) is 5.64. The smallest absolute Gasteiger partial charge is 0.122 e. The molecular weight excluding hydrogens is 380 g/mol. The van der Waals surface area contributed by atoms with Crippen LogP contribution in [0.1, 0.15) is 127 Å². The number of benzene rings is 2. The Labute approximate surface area is 190 Å². The van der Waals surface area contributed by atoms with Crippen molar-refractivity contribution in [2.24, 2.45) is 0 Å². The predicted octanol–water partition coefficient (Wildman–Crippen LogP) is 8.31. The van der Waals surface area contributed by atoms with Gasteiger partial charge in [0.1, 0.15) is 11.5 Å². The van der Waals surface area contributed by atoms with Gasteiger partial charge in [0.2, 0.25) is 0 Å². The summed E-state index contributed by atoms with van der Waals surface area (Å²) in [6.07, 6.45) is 2.48. The molecule has 0 amide bonds. The third-order valence-electron chi connectivity index (χ3n) is 6.84. The Morgan fingerprint density at radius 2 is 0.968 bits per heavy atom. The molecule has 0 fully saturated rings. The van der Waals surface area contributed by atoms with Crippen LogP contribution in [0.5, 0.6) is 11.5 Å². The fraction of sp³-hybridized carbons (Fsp3) is 0.586. The van der Waals surface area contributed by atoms with Crippen molar-refractivity contribution in [2.75, 3.05) is 0 Å². The van der Waals surface area contributed by atoms with Gasteiger partial charge in [-0.1, -0.05) is 93.5 Å². The Hall–Kier alpha value is -1.96. The van der Waals surface area contributed by atoms with E-state index in [2.05, 4.69) is 93.5 Å².